The van der Waals surface area contributed by atoms with Crippen molar-refractivity contribution in [1.29, 1.82) is 0 Å². The molecule has 120 valence electrons. The molecule has 1 aliphatic heterocycles. The Labute approximate surface area is 126 Å². The first kappa shape index (κ1) is 17.9. The quantitative estimate of drug-likeness (QED) is 0.698. The first-order valence-corrected chi connectivity index (χ1v) is 7.77. The monoisotopic (exact) mass is 284 g/mol. The molecular weight excluding hydrogens is 248 g/mol. The van der Waals surface area contributed by atoms with E-state index in [9.17, 15) is 0 Å². The third-order valence-electron chi connectivity index (χ3n) is 5.72. The molecule has 0 N–H and O–H groups in total. The van der Waals surface area contributed by atoms with Crippen molar-refractivity contribution in [2.45, 2.75) is 44.8 Å². The Balaban J connectivity index is 2.65. The maximum Gasteiger partial charge on any atom is 0.0344 e. The van der Waals surface area contributed by atoms with Crippen LogP contribution in [-0.2, 0) is 0 Å². The highest BCUT2D eigenvalue weighted by Gasteiger charge is 2.48. The van der Waals surface area contributed by atoms with Crippen LogP contribution in [0, 0.1) is 0 Å². The molecule has 4 nitrogen and oxygen atoms in total. The molecule has 0 unspecified atom stereocenters. The summed E-state index contributed by atoms with van der Waals surface area (Å²) >= 11 is 0. The van der Waals surface area contributed by atoms with Crippen LogP contribution < -0.4 is 0 Å². The molecule has 1 aliphatic rings. The molecule has 1 fully saturated rings. The van der Waals surface area contributed by atoms with Gasteiger partial charge in [-0.1, -0.05) is 0 Å². The molecule has 0 aromatic carbocycles. The van der Waals surface area contributed by atoms with Gasteiger partial charge in [0.25, 0.3) is 0 Å². The van der Waals surface area contributed by atoms with Gasteiger partial charge in [-0.2, -0.15) is 0 Å². The third kappa shape index (κ3) is 3.53. The molecule has 0 atom stereocenters. The zero-order valence-corrected chi connectivity index (χ0v) is 15.2. The van der Waals surface area contributed by atoms with Crippen molar-refractivity contribution in [3.05, 3.63) is 0 Å². The van der Waals surface area contributed by atoms with Crippen molar-refractivity contribution in [3.8, 4) is 0 Å². The lowest BCUT2D eigenvalue weighted by Gasteiger charge is -2.59. The minimum atomic E-state index is 0.153. The van der Waals surface area contributed by atoms with E-state index in [1.807, 2.05) is 0 Å². The average Bonchev–Trinajstić information content (AvgIpc) is 2.21. The van der Waals surface area contributed by atoms with Crippen LogP contribution in [0.3, 0.4) is 0 Å². The van der Waals surface area contributed by atoms with Gasteiger partial charge in [-0.3, -0.25) is 9.80 Å². The molecular formula is C16H36N4. The fourth-order valence-electron chi connectivity index (χ4n) is 2.72. The second-order valence-corrected chi connectivity index (χ2v) is 7.87. The first-order valence-electron chi connectivity index (χ1n) is 7.77. The maximum atomic E-state index is 2.63. The number of rotatable bonds is 7. The standard InChI is InChI=1S/C16H36N4/c1-15(2,19(9)11-10-17(5)6)16(3,4)20-12-14(13-20)18(7)8/h14H,10-13H2,1-9H3. The van der Waals surface area contributed by atoms with Crippen LogP contribution in [0.2, 0.25) is 0 Å². The van der Waals surface area contributed by atoms with Crippen LogP contribution in [-0.4, -0.2) is 98.1 Å². The van der Waals surface area contributed by atoms with E-state index in [1.165, 1.54) is 13.1 Å². The zero-order chi connectivity index (χ0) is 15.7. The second kappa shape index (κ2) is 6.30. The third-order valence-corrected chi connectivity index (χ3v) is 5.72. The maximum absolute atomic E-state index is 2.63. The minimum absolute atomic E-state index is 0.153. The fraction of sp³-hybridized carbons (Fsp3) is 1.00. The molecule has 0 saturated carbocycles. The first-order chi connectivity index (χ1) is 9.00. The number of hydrogen-bond donors (Lipinski definition) is 0. The molecule has 0 radical (unpaired) electrons. The molecule has 20 heavy (non-hydrogen) atoms. The molecule has 0 bridgehead atoms. The number of hydrogen-bond acceptors (Lipinski definition) is 4. The van der Waals surface area contributed by atoms with E-state index in [2.05, 4.69) is 82.5 Å². The summed E-state index contributed by atoms with van der Waals surface area (Å²) in [5, 5.41) is 0. The smallest absolute Gasteiger partial charge is 0.0344 e. The van der Waals surface area contributed by atoms with Crippen LogP contribution in [0.15, 0.2) is 0 Å². The van der Waals surface area contributed by atoms with E-state index in [0.717, 1.165) is 19.1 Å². The highest BCUT2D eigenvalue weighted by Crippen LogP contribution is 2.36. The van der Waals surface area contributed by atoms with Crippen LogP contribution in [0.4, 0.5) is 0 Å². The van der Waals surface area contributed by atoms with Gasteiger partial charge in [0.1, 0.15) is 0 Å². The molecule has 1 heterocycles. The Morgan fingerprint density at radius 1 is 0.900 bits per heavy atom. The van der Waals surface area contributed by atoms with Gasteiger partial charge in [0.2, 0.25) is 0 Å². The van der Waals surface area contributed by atoms with E-state index in [4.69, 9.17) is 0 Å². The minimum Gasteiger partial charge on any atom is -0.308 e. The largest absolute Gasteiger partial charge is 0.308 e. The number of nitrogens with zero attached hydrogens (tertiary/aromatic N) is 4. The van der Waals surface area contributed by atoms with E-state index in [1.54, 1.807) is 0 Å². The highest BCUT2D eigenvalue weighted by molar-refractivity contribution is 5.06. The Hall–Kier alpha value is -0.160. The van der Waals surface area contributed by atoms with E-state index in [0.29, 0.717) is 0 Å². The zero-order valence-electron chi connectivity index (χ0n) is 15.2. The Morgan fingerprint density at radius 3 is 1.80 bits per heavy atom. The van der Waals surface area contributed by atoms with Crippen molar-refractivity contribution in [3.63, 3.8) is 0 Å². The van der Waals surface area contributed by atoms with Crippen molar-refractivity contribution >= 4 is 0 Å². The van der Waals surface area contributed by atoms with E-state index < -0.39 is 0 Å². The van der Waals surface area contributed by atoms with Crippen molar-refractivity contribution in [2.75, 3.05) is 61.4 Å². The normalized spacial score (nSPS) is 19.2. The summed E-state index contributed by atoms with van der Waals surface area (Å²) < 4.78 is 0. The van der Waals surface area contributed by atoms with Gasteiger partial charge in [-0.05, 0) is 62.9 Å². The molecule has 1 rings (SSSR count). The number of likely N-dealkylation sites (N-methyl/N-ethyl adjacent to an activating group) is 3. The molecule has 0 aliphatic carbocycles. The van der Waals surface area contributed by atoms with Crippen molar-refractivity contribution in [2.24, 2.45) is 0 Å². The molecule has 0 aromatic rings. The molecule has 1 saturated heterocycles. The predicted octanol–water partition coefficient (Wildman–Crippen LogP) is 1.28. The fourth-order valence-corrected chi connectivity index (χ4v) is 2.72. The molecule has 4 heteroatoms. The van der Waals surface area contributed by atoms with Gasteiger partial charge in [0.15, 0.2) is 0 Å². The Morgan fingerprint density at radius 2 is 1.40 bits per heavy atom. The van der Waals surface area contributed by atoms with E-state index >= 15 is 0 Å². The highest BCUT2D eigenvalue weighted by atomic mass is 15.4. The topological polar surface area (TPSA) is 13.0 Å². The van der Waals surface area contributed by atoms with Gasteiger partial charge in [0, 0.05) is 43.3 Å². The summed E-state index contributed by atoms with van der Waals surface area (Å²) in [6.45, 7) is 14.1. The van der Waals surface area contributed by atoms with Gasteiger partial charge in [-0.15, -0.1) is 0 Å². The summed E-state index contributed by atoms with van der Waals surface area (Å²) in [6.07, 6.45) is 0. The second-order valence-electron chi connectivity index (χ2n) is 7.87. The predicted molar refractivity (Wildman–Crippen MR) is 88.4 cm³/mol. The lowest BCUT2D eigenvalue weighted by Crippen LogP contribution is -2.72. The lowest BCUT2D eigenvalue weighted by atomic mass is 9.77. The Bertz CT molecular complexity index is 289. The molecule has 0 aromatic heterocycles. The van der Waals surface area contributed by atoms with Crippen LogP contribution >= 0.6 is 0 Å². The van der Waals surface area contributed by atoms with Crippen LogP contribution in [0.25, 0.3) is 0 Å². The summed E-state index contributed by atoms with van der Waals surface area (Å²) in [4.78, 5) is 9.74. The van der Waals surface area contributed by atoms with E-state index in [-0.39, 0.29) is 11.1 Å². The molecule has 0 amide bonds. The summed E-state index contributed by atoms with van der Waals surface area (Å²) in [7, 11) is 10.9. The summed E-state index contributed by atoms with van der Waals surface area (Å²) in [6, 6.07) is 0.720. The lowest BCUT2D eigenvalue weighted by molar-refractivity contribution is -0.0852. The van der Waals surface area contributed by atoms with Crippen molar-refractivity contribution in [1.82, 2.24) is 19.6 Å². The summed E-state index contributed by atoms with van der Waals surface area (Å²) in [5.41, 5.74) is 0.334. The average molecular weight is 284 g/mol. The van der Waals surface area contributed by atoms with Gasteiger partial charge < -0.3 is 9.80 Å². The summed E-state index contributed by atoms with van der Waals surface area (Å²) in [5.74, 6) is 0. The SMILES string of the molecule is CN(C)CCN(C)C(C)(C)C(C)(C)N1CC(N(C)C)C1. The van der Waals surface area contributed by atoms with Crippen LogP contribution in [0.1, 0.15) is 27.7 Å². The van der Waals surface area contributed by atoms with Gasteiger partial charge >= 0.3 is 0 Å². The van der Waals surface area contributed by atoms with Gasteiger partial charge in [-0.25, -0.2) is 0 Å². The van der Waals surface area contributed by atoms with Gasteiger partial charge in [0.05, 0.1) is 0 Å². The number of likely N-dealkylation sites (tertiary alicyclic amines) is 1. The van der Waals surface area contributed by atoms with Crippen LogP contribution in [0.5, 0.6) is 0 Å². The molecule has 0 spiro atoms. The van der Waals surface area contributed by atoms with Crippen molar-refractivity contribution < 1.29 is 0 Å². The Kier molecular flexibility index (Phi) is 5.64.